The van der Waals surface area contributed by atoms with Crippen molar-refractivity contribution in [2.75, 3.05) is 25.0 Å². The molecule has 1 spiro atoms. The number of anilines is 1. The van der Waals surface area contributed by atoms with Gasteiger partial charge >= 0.3 is 6.18 Å². The van der Waals surface area contributed by atoms with Crippen LogP contribution >= 0.6 is 0 Å². The molecule has 2 N–H and O–H groups in total. The van der Waals surface area contributed by atoms with Crippen molar-refractivity contribution in [3.63, 3.8) is 0 Å². The van der Waals surface area contributed by atoms with Gasteiger partial charge in [0.05, 0.1) is 16.8 Å². The van der Waals surface area contributed by atoms with Crippen molar-refractivity contribution in [3.05, 3.63) is 59.7 Å². The van der Waals surface area contributed by atoms with E-state index < -0.39 is 27.7 Å². The molecule has 1 saturated heterocycles. The Morgan fingerprint density at radius 2 is 1.86 bits per heavy atom. The molecule has 1 fully saturated rings. The molecular formula is C20H22F3N3O2S. The Kier molecular flexibility index (Phi) is 5.18. The Labute approximate surface area is 168 Å². The molecule has 0 bridgehead atoms. The number of para-hydroxylation sites is 1. The Hall–Kier alpha value is -1.94. The number of nitrogens with zero attached hydrogens (tertiary/aromatic N) is 1. The fourth-order valence-corrected chi connectivity index (χ4v) is 5.74. The third kappa shape index (κ3) is 4.32. The van der Waals surface area contributed by atoms with Crippen LogP contribution in [0.2, 0.25) is 0 Å². The summed E-state index contributed by atoms with van der Waals surface area (Å²) in [6.07, 6.45) is -2.87. The smallest absolute Gasteiger partial charge is 0.416 e. The molecular weight excluding hydrogens is 403 g/mol. The highest BCUT2D eigenvalue weighted by atomic mass is 32.3. The summed E-state index contributed by atoms with van der Waals surface area (Å²) in [5.74, 6) is 0. The molecule has 2 aromatic rings. The molecule has 0 saturated carbocycles. The van der Waals surface area contributed by atoms with Gasteiger partial charge in [0.2, 0.25) is 0 Å². The number of rotatable bonds is 2. The van der Waals surface area contributed by atoms with Crippen molar-refractivity contribution in [1.82, 2.24) is 9.62 Å². The molecule has 9 heteroatoms. The van der Waals surface area contributed by atoms with Crippen molar-refractivity contribution in [2.45, 2.75) is 36.0 Å². The molecule has 0 amide bonds. The number of sulfonamides is 1. The lowest BCUT2D eigenvalue weighted by atomic mass is 9.89. The molecule has 29 heavy (non-hydrogen) atoms. The quantitative estimate of drug-likeness (QED) is 0.721. The van der Waals surface area contributed by atoms with E-state index in [9.17, 15) is 21.9 Å². The van der Waals surface area contributed by atoms with Crippen molar-refractivity contribution >= 4 is 16.1 Å². The van der Waals surface area contributed by atoms with E-state index in [0.717, 1.165) is 30.7 Å². The number of likely N-dealkylation sites (tertiary alicyclic amines) is 1. The van der Waals surface area contributed by atoms with Gasteiger partial charge in [-0.05, 0) is 49.2 Å². The standard InChI is InChI=1S/C20H22F3N3O2S/c21-20(22,23)16-8-6-15(7-9-16)12-26-11-3-10-19(14-26)13-24-17-4-1-2-5-18(17)29(27,28)25-19/h1-2,4-9,24H,3,10-14H2,(H-,25,27,28). The molecule has 2 atom stereocenters. The van der Waals surface area contributed by atoms with Gasteiger partial charge in [-0.15, -0.1) is 4.72 Å². The van der Waals surface area contributed by atoms with E-state index in [-0.39, 0.29) is 4.90 Å². The maximum absolute atomic E-state index is 12.9. The van der Waals surface area contributed by atoms with Crippen LogP contribution < -0.4 is 10.0 Å². The summed E-state index contributed by atoms with van der Waals surface area (Å²) >= 11 is 0. The largest absolute Gasteiger partial charge is 0.593 e. The highest BCUT2D eigenvalue weighted by Crippen LogP contribution is 2.34. The van der Waals surface area contributed by atoms with Crippen LogP contribution in [0.3, 0.4) is 0 Å². The molecule has 5 nitrogen and oxygen atoms in total. The number of piperidine rings is 1. The van der Waals surface area contributed by atoms with Crippen LogP contribution in [0.15, 0.2) is 53.4 Å². The minimum atomic E-state index is -4.35. The summed E-state index contributed by atoms with van der Waals surface area (Å²) in [6.45, 7) is 2.16. The van der Waals surface area contributed by atoms with Crippen LogP contribution in [-0.2, 0) is 27.3 Å². The molecule has 156 valence electrons. The fraction of sp³-hybridized carbons (Fsp3) is 0.400. The number of nitrogens with one attached hydrogen (secondary N) is 2. The first-order chi connectivity index (χ1) is 13.7. The highest BCUT2D eigenvalue weighted by molar-refractivity contribution is 7.96. The third-order valence-electron chi connectivity index (χ3n) is 5.49. The maximum Gasteiger partial charge on any atom is 0.416 e. The van der Waals surface area contributed by atoms with Gasteiger partial charge in [0.15, 0.2) is 15.3 Å². The number of alkyl halides is 3. The van der Waals surface area contributed by atoms with Crippen LogP contribution in [0.5, 0.6) is 0 Å². The SMILES string of the molecule is O=[S+]1([O-])NC2(CCCN(Cc3ccc(C(F)(F)F)cc3)C2)CNc2ccccc21. The van der Waals surface area contributed by atoms with Gasteiger partial charge in [-0.3, -0.25) is 4.90 Å². The number of hydrogen-bond acceptors (Lipinski definition) is 4. The van der Waals surface area contributed by atoms with Gasteiger partial charge in [0.25, 0.3) is 0 Å². The van der Waals surface area contributed by atoms with Crippen LogP contribution in [0, 0.1) is 0 Å². The van der Waals surface area contributed by atoms with Crippen molar-refractivity contribution < 1.29 is 21.9 Å². The molecule has 2 unspecified atom stereocenters. The van der Waals surface area contributed by atoms with E-state index in [1.165, 1.54) is 12.1 Å². The summed E-state index contributed by atoms with van der Waals surface area (Å²) < 4.78 is 66.9. The first kappa shape index (κ1) is 20.3. The Morgan fingerprint density at radius 1 is 1.14 bits per heavy atom. The van der Waals surface area contributed by atoms with Crippen LogP contribution in [0.4, 0.5) is 18.9 Å². The average molecular weight is 425 g/mol. The third-order valence-corrected chi connectivity index (χ3v) is 7.12. The van der Waals surface area contributed by atoms with Crippen LogP contribution in [0.25, 0.3) is 0 Å². The monoisotopic (exact) mass is 425 g/mol. The highest BCUT2D eigenvalue weighted by Gasteiger charge is 2.44. The van der Waals surface area contributed by atoms with E-state index in [1.807, 2.05) is 0 Å². The molecule has 4 rings (SSSR count). The van der Waals surface area contributed by atoms with E-state index in [1.54, 1.807) is 24.3 Å². The Morgan fingerprint density at radius 3 is 2.59 bits per heavy atom. The summed E-state index contributed by atoms with van der Waals surface area (Å²) in [6, 6.07) is 11.9. The molecule has 2 aliphatic heterocycles. The molecule has 0 aliphatic carbocycles. The minimum Gasteiger partial charge on any atom is -0.593 e. The first-order valence-corrected chi connectivity index (χ1v) is 10.9. The average Bonchev–Trinajstić information content (AvgIpc) is 2.76. The van der Waals surface area contributed by atoms with Gasteiger partial charge in [-0.25, -0.2) is 0 Å². The normalized spacial score (nSPS) is 27.9. The molecule has 2 heterocycles. The van der Waals surface area contributed by atoms with Crippen molar-refractivity contribution in [2.24, 2.45) is 0 Å². The van der Waals surface area contributed by atoms with Crippen LogP contribution in [-0.4, -0.2) is 34.6 Å². The molecule has 0 radical (unpaired) electrons. The van der Waals surface area contributed by atoms with Crippen molar-refractivity contribution in [1.29, 1.82) is 0 Å². The van der Waals surface area contributed by atoms with E-state index in [2.05, 4.69) is 14.9 Å². The zero-order valence-electron chi connectivity index (χ0n) is 15.7. The number of halogens is 3. The lowest BCUT2D eigenvalue weighted by Crippen LogP contribution is -2.62. The zero-order valence-corrected chi connectivity index (χ0v) is 16.5. The molecule has 0 aromatic heterocycles. The van der Waals surface area contributed by atoms with Gasteiger partial charge in [0, 0.05) is 19.6 Å². The summed E-state index contributed by atoms with van der Waals surface area (Å²) in [5, 5.41) is 3.26. The van der Waals surface area contributed by atoms with E-state index >= 15 is 0 Å². The van der Waals surface area contributed by atoms with Gasteiger partial charge in [-0.1, -0.05) is 28.5 Å². The number of fused-ring (bicyclic) bond motifs is 1. The lowest BCUT2D eigenvalue weighted by Gasteiger charge is -2.42. The number of benzene rings is 2. The van der Waals surface area contributed by atoms with E-state index in [4.69, 9.17) is 0 Å². The van der Waals surface area contributed by atoms with Gasteiger partial charge in [-0.2, -0.15) is 13.2 Å². The number of hydrogen-bond donors (Lipinski definition) is 2. The summed E-state index contributed by atoms with van der Waals surface area (Å²) in [5.41, 5.74) is 0.0107. The lowest BCUT2D eigenvalue weighted by molar-refractivity contribution is -0.137. The predicted molar refractivity (Wildman–Crippen MR) is 104 cm³/mol. The fourth-order valence-electron chi connectivity index (χ4n) is 4.13. The molecule has 2 aliphatic rings. The summed E-state index contributed by atoms with van der Waals surface area (Å²) in [4.78, 5) is 2.32. The van der Waals surface area contributed by atoms with E-state index in [0.29, 0.717) is 31.7 Å². The predicted octanol–water partition coefficient (Wildman–Crippen LogP) is 3.66. The van der Waals surface area contributed by atoms with Gasteiger partial charge < -0.3 is 9.87 Å². The zero-order chi connectivity index (χ0) is 20.7. The minimum absolute atomic E-state index is 0.233. The van der Waals surface area contributed by atoms with Gasteiger partial charge in [0.1, 0.15) is 0 Å². The Balaban J connectivity index is 1.50. The molecule has 2 aromatic carbocycles. The second-order valence-electron chi connectivity index (χ2n) is 7.74. The summed E-state index contributed by atoms with van der Waals surface area (Å²) in [7, 11) is -3.67. The Bertz CT molecular complexity index is 935. The van der Waals surface area contributed by atoms with Crippen molar-refractivity contribution in [3.8, 4) is 0 Å². The topological polar surface area (TPSA) is 67.4 Å². The maximum atomic E-state index is 12.9. The second-order valence-corrected chi connectivity index (χ2v) is 9.40. The van der Waals surface area contributed by atoms with Crippen LogP contribution in [0.1, 0.15) is 24.0 Å². The second kappa shape index (κ2) is 7.39. The first-order valence-electron chi connectivity index (χ1n) is 9.42.